The van der Waals surface area contributed by atoms with E-state index in [1.54, 1.807) is 7.11 Å². The highest BCUT2D eigenvalue weighted by atomic mass is 79.9. The first kappa shape index (κ1) is 15.4. The Bertz CT molecular complexity index is 568. The Hall–Kier alpha value is -1.03. The molecule has 2 nitrogen and oxygen atoms in total. The van der Waals surface area contributed by atoms with E-state index < -0.39 is 0 Å². The molecule has 0 radical (unpaired) electrons. The molecule has 1 unspecified atom stereocenters. The van der Waals surface area contributed by atoms with Crippen LogP contribution in [0.15, 0.2) is 46.9 Å². The third-order valence-electron chi connectivity index (χ3n) is 3.25. The van der Waals surface area contributed by atoms with Crippen LogP contribution in [0.5, 0.6) is 5.75 Å². The Morgan fingerprint density at radius 3 is 2.65 bits per heavy atom. The van der Waals surface area contributed by atoms with Crippen LogP contribution in [-0.4, -0.2) is 14.2 Å². The fourth-order valence-corrected chi connectivity index (χ4v) is 3.14. The molecule has 0 fully saturated rings. The molecule has 0 bridgehead atoms. The van der Waals surface area contributed by atoms with Crippen molar-refractivity contribution in [1.82, 2.24) is 5.32 Å². The van der Waals surface area contributed by atoms with E-state index in [1.807, 2.05) is 37.4 Å². The van der Waals surface area contributed by atoms with Gasteiger partial charge in [-0.05, 0) is 48.9 Å². The van der Waals surface area contributed by atoms with Gasteiger partial charge in [0.25, 0.3) is 0 Å². The number of rotatable bonds is 5. The van der Waals surface area contributed by atoms with Crippen molar-refractivity contribution in [2.24, 2.45) is 0 Å². The summed E-state index contributed by atoms with van der Waals surface area (Å²) in [5, 5.41) is 4.07. The lowest BCUT2D eigenvalue weighted by Crippen LogP contribution is -2.19. The lowest BCUT2D eigenvalue weighted by Gasteiger charge is -2.19. The predicted molar refractivity (Wildman–Crippen MR) is 87.7 cm³/mol. The standard InChI is InChI=1S/C16H17BrClNO/c1-19-15(12-7-13(17)10-14(18)8-12)9-11-5-3-4-6-16(11)20-2/h3-8,10,15,19H,9H2,1-2H3. The monoisotopic (exact) mass is 353 g/mol. The maximum Gasteiger partial charge on any atom is 0.122 e. The van der Waals surface area contributed by atoms with Crippen molar-refractivity contribution >= 4 is 27.5 Å². The first-order valence-electron chi connectivity index (χ1n) is 6.39. The summed E-state index contributed by atoms with van der Waals surface area (Å²) < 4.78 is 6.40. The van der Waals surface area contributed by atoms with E-state index in [1.165, 1.54) is 5.56 Å². The van der Waals surface area contributed by atoms with E-state index in [0.29, 0.717) is 0 Å². The van der Waals surface area contributed by atoms with Crippen molar-refractivity contribution in [2.75, 3.05) is 14.2 Å². The van der Waals surface area contributed by atoms with Gasteiger partial charge in [0.2, 0.25) is 0 Å². The third-order valence-corrected chi connectivity index (χ3v) is 3.93. The minimum absolute atomic E-state index is 0.182. The van der Waals surface area contributed by atoms with Crippen LogP contribution in [0.2, 0.25) is 5.02 Å². The fourth-order valence-electron chi connectivity index (χ4n) is 2.25. The van der Waals surface area contributed by atoms with Crippen LogP contribution in [0, 0.1) is 0 Å². The summed E-state index contributed by atoms with van der Waals surface area (Å²) in [5.74, 6) is 0.911. The van der Waals surface area contributed by atoms with Crippen molar-refractivity contribution in [3.05, 3.63) is 63.1 Å². The molecule has 20 heavy (non-hydrogen) atoms. The largest absolute Gasteiger partial charge is 0.496 e. The quantitative estimate of drug-likeness (QED) is 0.846. The van der Waals surface area contributed by atoms with E-state index in [-0.39, 0.29) is 6.04 Å². The second-order valence-electron chi connectivity index (χ2n) is 4.56. The summed E-state index contributed by atoms with van der Waals surface area (Å²) in [5.41, 5.74) is 2.32. The minimum Gasteiger partial charge on any atom is -0.496 e. The number of hydrogen-bond donors (Lipinski definition) is 1. The van der Waals surface area contributed by atoms with Crippen LogP contribution < -0.4 is 10.1 Å². The van der Waals surface area contributed by atoms with Crippen LogP contribution in [0.3, 0.4) is 0 Å². The molecule has 2 aromatic carbocycles. The molecule has 2 aromatic rings. The number of para-hydroxylation sites is 1. The van der Waals surface area contributed by atoms with Crippen molar-refractivity contribution in [2.45, 2.75) is 12.5 Å². The number of nitrogens with one attached hydrogen (secondary N) is 1. The van der Waals surface area contributed by atoms with Crippen LogP contribution in [0.1, 0.15) is 17.2 Å². The summed E-state index contributed by atoms with van der Waals surface area (Å²) in [7, 11) is 3.65. The van der Waals surface area contributed by atoms with E-state index in [4.69, 9.17) is 16.3 Å². The zero-order valence-corrected chi connectivity index (χ0v) is 13.8. The molecule has 1 N–H and O–H groups in total. The Balaban J connectivity index is 2.28. The van der Waals surface area contributed by atoms with Gasteiger partial charge in [0.15, 0.2) is 0 Å². The molecule has 4 heteroatoms. The summed E-state index contributed by atoms with van der Waals surface area (Å²) in [6.07, 6.45) is 0.841. The van der Waals surface area contributed by atoms with E-state index in [9.17, 15) is 0 Å². The van der Waals surface area contributed by atoms with E-state index in [2.05, 4.69) is 33.4 Å². The molecular formula is C16H17BrClNO. The predicted octanol–water partition coefficient (Wildman–Crippen LogP) is 4.61. The van der Waals surface area contributed by atoms with Crippen LogP contribution in [0.4, 0.5) is 0 Å². The molecule has 2 rings (SSSR count). The van der Waals surface area contributed by atoms with Gasteiger partial charge in [0.1, 0.15) is 5.75 Å². The zero-order valence-electron chi connectivity index (χ0n) is 11.5. The van der Waals surface area contributed by atoms with E-state index >= 15 is 0 Å². The lowest BCUT2D eigenvalue weighted by molar-refractivity contribution is 0.406. The van der Waals surface area contributed by atoms with Gasteiger partial charge in [-0.3, -0.25) is 0 Å². The normalized spacial score (nSPS) is 12.2. The highest BCUT2D eigenvalue weighted by Crippen LogP contribution is 2.28. The molecule has 0 amide bonds. The number of likely N-dealkylation sites (N-methyl/N-ethyl adjacent to an activating group) is 1. The average molecular weight is 355 g/mol. The van der Waals surface area contributed by atoms with Crippen molar-refractivity contribution in [3.63, 3.8) is 0 Å². The van der Waals surface area contributed by atoms with E-state index in [0.717, 1.165) is 27.2 Å². The molecule has 0 saturated carbocycles. The van der Waals surface area contributed by atoms with Crippen molar-refractivity contribution in [1.29, 1.82) is 0 Å². The first-order valence-corrected chi connectivity index (χ1v) is 7.56. The first-order chi connectivity index (χ1) is 9.63. The molecule has 1 atom stereocenters. The maximum absolute atomic E-state index is 6.13. The number of hydrogen-bond acceptors (Lipinski definition) is 2. The van der Waals surface area contributed by atoms with Gasteiger partial charge in [-0.2, -0.15) is 0 Å². The Morgan fingerprint density at radius 2 is 2.00 bits per heavy atom. The molecule has 0 heterocycles. The maximum atomic E-state index is 6.13. The second kappa shape index (κ2) is 7.11. The smallest absolute Gasteiger partial charge is 0.122 e. The number of ether oxygens (including phenoxy) is 1. The molecule has 0 aliphatic rings. The Kier molecular flexibility index (Phi) is 5.46. The van der Waals surface area contributed by atoms with Gasteiger partial charge in [0.05, 0.1) is 7.11 Å². The fraction of sp³-hybridized carbons (Fsp3) is 0.250. The summed E-state index contributed by atoms with van der Waals surface area (Å²) in [4.78, 5) is 0. The molecule has 106 valence electrons. The number of halogens is 2. The van der Waals surface area contributed by atoms with Gasteiger partial charge in [-0.1, -0.05) is 45.7 Å². The number of methoxy groups -OCH3 is 1. The second-order valence-corrected chi connectivity index (χ2v) is 5.91. The van der Waals surface area contributed by atoms with Crippen LogP contribution >= 0.6 is 27.5 Å². The summed E-state index contributed by atoms with van der Waals surface area (Å²) >= 11 is 9.62. The van der Waals surface area contributed by atoms with Gasteiger partial charge >= 0.3 is 0 Å². The van der Waals surface area contributed by atoms with Crippen molar-refractivity contribution in [3.8, 4) is 5.75 Å². The van der Waals surface area contributed by atoms with Gasteiger partial charge < -0.3 is 10.1 Å². The van der Waals surface area contributed by atoms with Crippen molar-refractivity contribution < 1.29 is 4.74 Å². The summed E-state index contributed by atoms with van der Waals surface area (Å²) in [6, 6.07) is 14.2. The van der Waals surface area contributed by atoms with Gasteiger partial charge in [-0.15, -0.1) is 0 Å². The highest BCUT2D eigenvalue weighted by Gasteiger charge is 2.14. The Labute approximate surface area is 133 Å². The molecular weight excluding hydrogens is 338 g/mol. The molecule has 0 spiro atoms. The van der Waals surface area contributed by atoms with Crippen LogP contribution in [0.25, 0.3) is 0 Å². The molecule has 0 aromatic heterocycles. The van der Waals surface area contributed by atoms with Crippen LogP contribution in [-0.2, 0) is 6.42 Å². The lowest BCUT2D eigenvalue weighted by atomic mass is 9.98. The highest BCUT2D eigenvalue weighted by molar-refractivity contribution is 9.10. The molecule has 0 aliphatic heterocycles. The third kappa shape index (κ3) is 3.75. The number of benzene rings is 2. The Morgan fingerprint density at radius 1 is 1.25 bits per heavy atom. The SMILES string of the molecule is CNC(Cc1ccccc1OC)c1cc(Cl)cc(Br)c1. The van der Waals surface area contributed by atoms with Gasteiger partial charge in [0, 0.05) is 15.5 Å². The minimum atomic E-state index is 0.182. The zero-order chi connectivity index (χ0) is 14.5. The molecule has 0 aliphatic carbocycles. The topological polar surface area (TPSA) is 21.3 Å². The molecule has 0 saturated heterocycles. The average Bonchev–Trinajstić information content (AvgIpc) is 2.44. The summed E-state index contributed by atoms with van der Waals surface area (Å²) in [6.45, 7) is 0. The van der Waals surface area contributed by atoms with Gasteiger partial charge in [-0.25, -0.2) is 0 Å².